The van der Waals surface area contributed by atoms with E-state index in [-0.39, 0.29) is 18.1 Å². The lowest BCUT2D eigenvalue weighted by Crippen LogP contribution is -2.43. The van der Waals surface area contributed by atoms with Crippen molar-refractivity contribution in [1.29, 1.82) is 0 Å². The molecule has 0 aromatic carbocycles. The van der Waals surface area contributed by atoms with Crippen LogP contribution >= 0.6 is 0 Å². The molecule has 0 saturated carbocycles. The van der Waals surface area contributed by atoms with E-state index in [2.05, 4.69) is 36.3 Å². The van der Waals surface area contributed by atoms with E-state index in [4.69, 9.17) is 4.74 Å². The number of amides is 1. The van der Waals surface area contributed by atoms with Gasteiger partial charge in [0.25, 0.3) is 0 Å². The number of ether oxygens (including phenoxy) is 1. The van der Waals surface area contributed by atoms with Gasteiger partial charge < -0.3 is 20.3 Å². The fourth-order valence-corrected chi connectivity index (χ4v) is 2.52. The van der Waals surface area contributed by atoms with Gasteiger partial charge in [-0.1, -0.05) is 13.8 Å². The van der Waals surface area contributed by atoms with Crippen LogP contribution in [0.2, 0.25) is 0 Å². The minimum atomic E-state index is 0.0339. The van der Waals surface area contributed by atoms with Crippen LogP contribution in [0.4, 0.5) is 0 Å². The summed E-state index contributed by atoms with van der Waals surface area (Å²) in [5, 5.41) is 6.31. The van der Waals surface area contributed by atoms with Gasteiger partial charge in [-0.15, -0.1) is 0 Å². The maximum atomic E-state index is 11.9. The van der Waals surface area contributed by atoms with Crippen LogP contribution in [0, 0.1) is 0 Å². The number of nitrogens with one attached hydrogen (secondary N) is 2. The topological polar surface area (TPSA) is 53.6 Å². The van der Waals surface area contributed by atoms with Gasteiger partial charge in [0.1, 0.15) is 0 Å². The smallest absolute Gasteiger partial charge is 0.222 e. The molecule has 5 nitrogen and oxygen atoms in total. The lowest BCUT2D eigenvalue weighted by molar-refractivity contribution is -0.125. The zero-order chi connectivity index (χ0) is 14.8. The molecule has 0 spiro atoms. The fraction of sp³-hybridized carbons (Fsp3) is 0.933. The van der Waals surface area contributed by atoms with E-state index in [0.29, 0.717) is 13.0 Å². The number of carbonyl (C=O) groups is 1. The monoisotopic (exact) mass is 285 g/mol. The molecule has 0 aromatic heterocycles. The van der Waals surface area contributed by atoms with Gasteiger partial charge in [0.15, 0.2) is 0 Å². The third kappa shape index (κ3) is 7.22. The van der Waals surface area contributed by atoms with Crippen molar-refractivity contribution in [1.82, 2.24) is 15.5 Å². The number of hydrogen-bond acceptors (Lipinski definition) is 4. The molecule has 1 aliphatic heterocycles. The van der Waals surface area contributed by atoms with E-state index in [0.717, 1.165) is 45.6 Å². The average Bonchev–Trinajstić information content (AvgIpc) is 2.44. The van der Waals surface area contributed by atoms with E-state index in [1.807, 2.05) is 0 Å². The molecule has 1 amide bonds. The molecule has 0 aliphatic carbocycles. The largest absolute Gasteiger partial charge is 0.375 e. The van der Waals surface area contributed by atoms with E-state index >= 15 is 0 Å². The standard InChI is InChI=1S/C15H31N3O2/c1-4-18(5-2)9-6-7-13(3)17-15(19)11-14-12-16-8-10-20-14/h13-14,16H,4-12H2,1-3H3,(H,17,19). The molecular formula is C15H31N3O2. The first-order valence-corrected chi connectivity index (χ1v) is 7.99. The Morgan fingerprint density at radius 1 is 1.45 bits per heavy atom. The predicted molar refractivity (Wildman–Crippen MR) is 81.9 cm³/mol. The Morgan fingerprint density at radius 3 is 2.80 bits per heavy atom. The number of morpholine rings is 1. The molecule has 5 heteroatoms. The molecule has 1 rings (SSSR count). The van der Waals surface area contributed by atoms with E-state index < -0.39 is 0 Å². The van der Waals surface area contributed by atoms with Gasteiger partial charge in [-0.3, -0.25) is 4.79 Å². The van der Waals surface area contributed by atoms with Crippen LogP contribution in [0.1, 0.15) is 40.0 Å². The molecule has 118 valence electrons. The first-order valence-electron chi connectivity index (χ1n) is 7.99. The zero-order valence-electron chi connectivity index (χ0n) is 13.3. The van der Waals surface area contributed by atoms with Crippen LogP contribution in [0.15, 0.2) is 0 Å². The fourth-order valence-electron chi connectivity index (χ4n) is 2.52. The van der Waals surface area contributed by atoms with E-state index in [1.54, 1.807) is 0 Å². The molecule has 1 fully saturated rings. The van der Waals surface area contributed by atoms with Gasteiger partial charge in [-0.2, -0.15) is 0 Å². The highest BCUT2D eigenvalue weighted by atomic mass is 16.5. The van der Waals surface area contributed by atoms with Crippen LogP contribution in [0.3, 0.4) is 0 Å². The van der Waals surface area contributed by atoms with Crippen molar-refractivity contribution < 1.29 is 9.53 Å². The molecule has 1 heterocycles. The number of rotatable bonds is 9. The summed E-state index contributed by atoms with van der Waals surface area (Å²) in [4.78, 5) is 14.3. The second-order valence-electron chi connectivity index (χ2n) is 5.54. The summed E-state index contributed by atoms with van der Waals surface area (Å²) in [6, 6.07) is 0.245. The zero-order valence-corrected chi connectivity index (χ0v) is 13.3. The third-order valence-corrected chi connectivity index (χ3v) is 3.83. The number of hydrogen-bond donors (Lipinski definition) is 2. The summed E-state index contributed by atoms with van der Waals surface area (Å²) in [5.74, 6) is 0.106. The molecule has 1 saturated heterocycles. The Hall–Kier alpha value is -0.650. The molecule has 0 radical (unpaired) electrons. The molecule has 0 aromatic rings. The highest BCUT2D eigenvalue weighted by Gasteiger charge is 2.18. The summed E-state index contributed by atoms with van der Waals surface area (Å²) >= 11 is 0. The van der Waals surface area contributed by atoms with Crippen LogP contribution in [-0.2, 0) is 9.53 Å². The van der Waals surface area contributed by atoms with Gasteiger partial charge >= 0.3 is 0 Å². The van der Waals surface area contributed by atoms with Crippen molar-refractivity contribution in [2.45, 2.75) is 52.2 Å². The minimum absolute atomic E-state index is 0.0339. The van der Waals surface area contributed by atoms with Crippen LogP contribution in [0.5, 0.6) is 0 Å². The highest BCUT2D eigenvalue weighted by molar-refractivity contribution is 5.76. The Kier molecular flexibility index (Phi) is 8.82. The summed E-state index contributed by atoms with van der Waals surface area (Å²) in [6.07, 6.45) is 2.66. The Morgan fingerprint density at radius 2 is 2.20 bits per heavy atom. The van der Waals surface area contributed by atoms with Gasteiger partial charge in [0, 0.05) is 19.1 Å². The van der Waals surface area contributed by atoms with Crippen molar-refractivity contribution in [2.24, 2.45) is 0 Å². The minimum Gasteiger partial charge on any atom is -0.375 e. The van der Waals surface area contributed by atoms with E-state index in [9.17, 15) is 4.79 Å². The van der Waals surface area contributed by atoms with Gasteiger partial charge in [0.2, 0.25) is 5.91 Å². The Labute approximate surface area is 123 Å². The summed E-state index contributed by atoms with van der Waals surface area (Å²) in [5.41, 5.74) is 0. The van der Waals surface area contributed by atoms with E-state index in [1.165, 1.54) is 0 Å². The van der Waals surface area contributed by atoms with Crippen molar-refractivity contribution in [3.63, 3.8) is 0 Å². The van der Waals surface area contributed by atoms with Crippen molar-refractivity contribution in [2.75, 3.05) is 39.3 Å². The summed E-state index contributed by atoms with van der Waals surface area (Å²) < 4.78 is 5.54. The molecule has 1 aliphatic rings. The molecule has 20 heavy (non-hydrogen) atoms. The molecule has 2 atom stereocenters. The first-order chi connectivity index (χ1) is 9.65. The van der Waals surface area contributed by atoms with Crippen LogP contribution in [0.25, 0.3) is 0 Å². The second kappa shape index (κ2) is 10.1. The van der Waals surface area contributed by atoms with Crippen molar-refractivity contribution in [3.05, 3.63) is 0 Å². The molecule has 2 unspecified atom stereocenters. The highest BCUT2D eigenvalue weighted by Crippen LogP contribution is 2.04. The summed E-state index contributed by atoms with van der Waals surface area (Å²) in [6.45, 7) is 12.1. The maximum Gasteiger partial charge on any atom is 0.222 e. The van der Waals surface area contributed by atoms with Crippen LogP contribution in [-0.4, -0.2) is 62.3 Å². The lowest BCUT2D eigenvalue weighted by Gasteiger charge is -2.24. The quantitative estimate of drug-likeness (QED) is 0.663. The Balaban J connectivity index is 2.11. The normalized spacial score (nSPS) is 20.9. The lowest BCUT2D eigenvalue weighted by atomic mass is 10.1. The van der Waals surface area contributed by atoms with Gasteiger partial charge in [-0.05, 0) is 39.4 Å². The van der Waals surface area contributed by atoms with Crippen LogP contribution < -0.4 is 10.6 Å². The summed E-state index contributed by atoms with van der Waals surface area (Å²) in [7, 11) is 0. The first kappa shape index (κ1) is 17.4. The molecule has 0 bridgehead atoms. The number of carbonyl (C=O) groups excluding carboxylic acids is 1. The van der Waals surface area contributed by atoms with Crippen molar-refractivity contribution in [3.8, 4) is 0 Å². The van der Waals surface area contributed by atoms with Gasteiger partial charge in [0.05, 0.1) is 19.1 Å². The third-order valence-electron chi connectivity index (χ3n) is 3.83. The maximum absolute atomic E-state index is 11.9. The SMILES string of the molecule is CCN(CC)CCCC(C)NC(=O)CC1CNCCO1. The predicted octanol–water partition coefficient (Wildman–Crippen LogP) is 0.992. The van der Waals surface area contributed by atoms with Gasteiger partial charge in [-0.25, -0.2) is 0 Å². The second-order valence-corrected chi connectivity index (χ2v) is 5.54. The molecule has 2 N–H and O–H groups in total. The average molecular weight is 285 g/mol. The van der Waals surface area contributed by atoms with Crippen molar-refractivity contribution >= 4 is 5.91 Å². The molecular weight excluding hydrogens is 254 g/mol. The Bertz CT molecular complexity index is 264. The number of nitrogens with zero attached hydrogens (tertiary/aromatic N) is 1.